The maximum atomic E-state index is 14.3. The average Bonchev–Trinajstić information content (AvgIpc) is 3.31. The normalized spacial score (nSPS) is 10.8. The van der Waals surface area contributed by atoms with Crippen molar-refractivity contribution < 1.29 is 23.5 Å². The molecule has 0 radical (unpaired) electrons. The van der Waals surface area contributed by atoms with E-state index in [2.05, 4.69) is 29.8 Å². The molecule has 0 aliphatic rings. The van der Waals surface area contributed by atoms with Crippen LogP contribution in [0, 0.1) is 25.5 Å². The fourth-order valence-corrected chi connectivity index (χ4v) is 4.66. The monoisotopic (exact) mass is 541 g/mol. The number of aromatic nitrogens is 2. The van der Waals surface area contributed by atoms with Gasteiger partial charge in [0, 0.05) is 18.7 Å². The number of halogens is 2. The Hall–Kier alpha value is -3.95. The van der Waals surface area contributed by atoms with E-state index in [0.717, 1.165) is 27.9 Å². The smallest absolute Gasteiger partial charge is 0.267 e. The van der Waals surface area contributed by atoms with Crippen molar-refractivity contribution in [3.63, 3.8) is 0 Å². The van der Waals surface area contributed by atoms with Crippen LogP contribution in [0.5, 0.6) is 5.75 Å². The van der Waals surface area contributed by atoms with E-state index in [1.54, 1.807) is 37.3 Å². The van der Waals surface area contributed by atoms with Crippen LogP contribution in [0.15, 0.2) is 48.7 Å². The molecule has 4 rings (SSSR count). The van der Waals surface area contributed by atoms with Crippen LogP contribution >= 0.6 is 20.6 Å². The van der Waals surface area contributed by atoms with Gasteiger partial charge in [-0.25, -0.2) is 18.7 Å². The molecule has 2 aromatic carbocycles. The number of carbonyl (C=O) groups excluding carboxylic acids is 2. The van der Waals surface area contributed by atoms with Gasteiger partial charge in [-0.05, 0) is 49.0 Å². The second-order valence-corrected chi connectivity index (χ2v) is 9.76. The number of phenolic OH excluding ortho intramolecular Hbond substituents is 1. The quantitative estimate of drug-likeness (QED) is 0.300. The van der Waals surface area contributed by atoms with Crippen LogP contribution in [-0.4, -0.2) is 33.9 Å². The Morgan fingerprint density at radius 1 is 1.14 bits per heavy atom. The number of nitrogens with zero attached hydrogens (tertiary/aromatic N) is 3. The predicted octanol–water partition coefficient (Wildman–Crippen LogP) is 4.91. The maximum absolute atomic E-state index is 14.3. The third-order valence-corrected chi connectivity index (χ3v) is 6.90. The van der Waals surface area contributed by atoms with Gasteiger partial charge in [-0.1, -0.05) is 23.5 Å². The van der Waals surface area contributed by atoms with Crippen molar-refractivity contribution in [3.05, 3.63) is 81.9 Å². The first-order chi connectivity index (χ1) is 17.5. The number of amides is 2. The Morgan fingerprint density at radius 3 is 2.62 bits per heavy atom. The molecule has 1 unspecified atom stereocenters. The molecule has 2 amide bonds. The highest BCUT2D eigenvalue weighted by Gasteiger charge is 2.22. The molecule has 0 aliphatic carbocycles. The topological polar surface area (TPSA) is 107 Å². The van der Waals surface area contributed by atoms with Crippen molar-refractivity contribution in [1.29, 1.82) is 0 Å². The Labute approximate surface area is 217 Å². The van der Waals surface area contributed by atoms with Crippen LogP contribution in [0.25, 0.3) is 0 Å². The largest absolute Gasteiger partial charge is 0.508 e. The number of pyridine rings is 1. The van der Waals surface area contributed by atoms with E-state index in [9.17, 15) is 23.5 Å². The van der Waals surface area contributed by atoms with E-state index in [4.69, 9.17) is 0 Å². The van der Waals surface area contributed by atoms with E-state index in [1.165, 1.54) is 13.2 Å². The van der Waals surface area contributed by atoms with Gasteiger partial charge in [-0.15, -0.1) is 9.24 Å². The molecule has 8 nitrogen and oxygen atoms in total. The molecular weight excluding hydrogens is 519 g/mol. The van der Waals surface area contributed by atoms with Crippen molar-refractivity contribution in [1.82, 2.24) is 9.97 Å². The minimum Gasteiger partial charge on any atom is -0.508 e. The number of phenols is 1. The summed E-state index contributed by atoms with van der Waals surface area (Å²) in [5, 5.41) is 16.2. The molecule has 3 N–H and O–H groups in total. The van der Waals surface area contributed by atoms with Crippen molar-refractivity contribution in [2.75, 3.05) is 22.6 Å². The Balaban J connectivity index is 1.49. The number of aromatic hydroxyl groups is 1. The first-order valence-corrected chi connectivity index (χ1v) is 12.3. The average molecular weight is 542 g/mol. The number of aryl methyl sites for hydroxylation is 1. The van der Waals surface area contributed by atoms with Gasteiger partial charge in [0.05, 0.1) is 17.4 Å². The lowest BCUT2D eigenvalue weighted by Gasteiger charge is -2.18. The molecule has 190 valence electrons. The molecule has 0 bridgehead atoms. The number of nitrogens with one attached hydrogen (secondary N) is 2. The van der Waals surface area contributed by atoms with Crippen LogP contribution < -0.4 is 20.8 Å². The molecule has 0 saturated carbocycles. The molecule has 0 aliphatic heterocycles. The summed E-state index contributed by atoms with van der Waals surface area (Å²) < 4.78 is 27.7. The molecule has 2 heterocycles. The summed E-state index contributed by atoms with van der Waals surface area (Å²) in [6.45, 7) is 3.54. The highest BCUT2D eigenvalue weighted by Crippen LogP contribution is 2.30. The van der Waals surface area contributed by atoms with Crippen molar-refractivity contribution >= 4 is 60.2 Å². The zero-order valence-electron chi connectivity index (χ0n) is 20.0. The second-order valence-electron chi connectivity index (χ2n) is 8.11. The molecule has 37 heavy (non-hydrogen) atoms. The second kappa shape index (κ2) is 10.6. The van der Waals surface area contributed by atoms with E-state index >= 15 is 0 Å². The molecule has 2 aromatic heterocycles. The third-order valence-electron chi connectivity index (χ3n) is 5.53. The summed E-state index contributed by atoms with van der Waals surface area (Å²) in [5.74, 6) is -2.20. The SMILES string of the molecule is Cc1ccc(O)c(C)c1NC(=O)c1cnc(Nc2cccc(N(C)C(=O)c3c(F)cc(F)cc3P)n2)s1. The summed E-state index contributed by atoms with van der Waals surface area (Å²) in [7, 11) is 3.59. The highest BCUT2D eigenvalue weighted by atomic mass is 32.1. The molecule has 0 fully saturated rings. The van der Waals surface area contributed by atoms with E-state index in [-0.39, 0.29) is 28.3 Å². The maximum Gasteiger partial charge on any atom is 0.267 e. The summed E-state index contributed by atoms with van der Waals surface area (Å²) in [6.07, 6.45) is 1.41. The number of hydrogen-bond acceptors (Lipinski definition) is 7. The number of carbonyl (C=O) groups is 2. The first kappa shape index (κ1) is 26.1. The van der Waals surface area contributed by atoms with Crippen LogP contribution in [0.3, 0.4) is 0 Å². The number of thiazole rings is 1. The fraction of sp³-hybridized carbons (Fsp3) is 0.120. The summed E-state index contributed by atoms with van der Waals surface area (Å²) in [6, 6.07) is 9.83. The van der Waals surface area contributed by atoms with E-state index in [0.29, 0.717) is 33.1 Å². The zero-order valence-corrected chi connectivity index (χ0v) is 21.9. The molecule has 0 spiro atoms. The van der Waals surface area contributed by atoms with Gasteiger partial charge < -0.3 is 15.7 Å². The number of anilines is 4. The molecular formula is C25H22F2N5O3PS. The van der Waals surface area contributed by atoms with Gasteiger partial charge in [0.15, 0.2) is 5.13 Å². The predicted molar refractivity (Wildman–Crippen MR) is 144 cm³/mol. The lowest BCUT2D eigenvalue weighted by atomic mass is 10.1. The summed E-state index contributed by atoms with van der Waals surface area (Å²) in [5.41, 5.74) is 1.62. The van der Waals surface area contributed by atoms with Crippen LogP contribution in [0.1, 0.15) is 31.2 Å². The number of hydrogen-bond donors (Lipinski definition) is 3. The Kier molecular flexibility index (Phi) is 7.47. The number of rotatable bonds is 6. The van der Waals surface area contributed by atoms with Gasteiger partial charge in [0.1, 0.15) is 33.9 Å². The van der Waals surface area contributed by atoms with Gasteiger partial charge in [-0.2, -0.15) is 0 Å². The van der Waals surface area contributed by atoms with Crippen molar-refractivity contribution in [2.24, 2.45) is 0 Å². The highest BCUT2D eigenvalue weighted by molar-refractivity contribution is 7.27. The van der Waals surface area contributed by atoms with Crippen molar-refractivity contribution in [3.8, 4) is 5.75 Å². The minimum atomic E-state index is -0.971. The van der Waals surface area contributed by atoms with Gasteiger partial charge in [0.25, 0.3) is 11.8 Å². The first-order valence-electron chi connectivity index (χ1n) is 10.9. The Morgan fingerprint density at radius 2 is 1.89 bits per heavy atom. The number of benzene rings is 2. The van der Waals surface area contributed by atoms with Gasteiger partial charge >= 0.3 is 0 Å². The summed E-state index contributed by atoms with van der Waals surface area (Å²) in [4.78, 5) is 35.7. The summed E-state index contributed by atoms with van der Waals surface area (Å²) >= 11 is 1.09. The molecule has 1 atom stereocenters. The molecule has 0 saturated heterocycles. The van der Waals surface area contributed by atoms with Crippen molar-refractivity contribution in [2.45, 2.75) is 13.8 Å². The lowest BCUT2D eigenvalue weighted by Crippen LogP contribution is -2.31. The van der Waals surface area contributed by atoms with Gasteiger partial charge in [-0.3, -0.25) is 14.5 Å². The van der Waals surface area contributed by atoms with Crippen LogP contribution in [0.4, 0.5) is 31.2 Å². The van der Waals surface area contributed by atoms with Gasteiger partial charge in [0.2, 0.25) is 0 Å². The standard InChI is InChI=1S/C25H22F2N5O3PS/c1-12-7-8-16(33)13(2)22(12)31-23(34)18-11-28-25(37-18)30-19-5-4-6-20(29-19)32(3)24(35)21-15(27)9-14(26)10-17(21)36/h4-11,33H,36H2,1-3H3,(H,31,34)(H,28,29,30). The zero-order chi connectivity index (χ0) is 26.9. The van der Waals surface area contributed by atoms with Crippen LogP contribution in [-0.2, 0) is 0 Å². The van der Waals surface area contributed by atoms with E-state index < -0.39 is 17.5 Å². The van der Waals surface area contributed by atoms with Crippen LogP contribution in [0.2, 0.25) is 0 Å². The minimum absolute atomic E-state index is 0.0815. The lowest BCUT2D eigenvalue weighted by molar-refractivity contribution is 0.0988. The fourth-order valence-electron chi connectivity index (χ4n) is 3.52. The third kappa shape index (κ3) is 5.58. The van der Waals surface area contributed by atoms with E-state index in [1.807, 2.05) is 6.92 Å². The Bertz CT molecular complexity index is 1510. The molecule has 12 heteroatoms. The molecule has 4 aromatic rings.